The Morgan fingerprint density at radius 3 is 2.53 bits per heavy atom. The van der Waals surface area contributed by atoms with E-state index in [1.54, 1.807) is 0 Å². The van der Waals surface area contributed by atoms with Gasteiger partial charge in [-0.05, 0) is 47.2 Å². The minimum atomic E-state index is 0.222. The van der Waals surface area contributed by atoms with Crippen molar-refractivity contribution < 1.29 is 0 Å². The van der Waals surface area contributed by atoms with Gasteiger partial charge in [0.2, 0.25) is 0 Å². The molecule has 0 fully saturated rings. The van der Waals surface area contributed by atoms with Gasteiger partial charge < -0.3 is 10.6 Å². The van der Waals surface area contributed by atoms with Crippen molar-refractivity contribution in [1.82, 2.24) is 20.4 Å². The van der Waals surface area contributed by atoms with Gasteiger partial charge in [0.05, 0.1) is 6.20 Å². The normalized spacial score (nSPS) is 12.1. The lowest BCUT2D eigenvalue weighted by Crippen LogP contribution is -2.37. The molecule has 0 aliphatic rings. The molecular weight excluding hydrogens is 212 g/mol. The first-order valence-electron chi connectivity index (χ1n) is 6.33. The van der Waals surface area contributed by atoms with Gasteiger partial charge in [-0.15, -0.1) is 0 Å². The van der Waals surface area contributed by atoms with Crippen LogP contribution < -0.4 is 10.6 Å². The predicted octanol–water partition coefficient (Wildman–Crippen LogP) is 1.60. The molecule has 4 heteroatoms. The second-order valence-corrected chi connectivity index (χ2v) is 5.59. The van der Waals surface area contributed by atoms with Crippen LogP contribution in [-0.2, 0) is 13.6 Å². The number of rotatable bonds is 6. The lowest BCUT2D eigenvalue weighted by Gasteiger charge is -2.20. The minimum Gasteiger partial charge on any atom is -0.312 e. The first-order chi connectivity index (χ1) is 7.90. The maximum Gasteiger partial charge on any atom is 0.0537 e. The fraction of sp³-hybridized carbons (Fsp3) is 0.769. The van der Waals surface area contributed by atoms with Crippen molar-refractivity contribution in [2.45, 2.75) is 46.2 Å². The summed E-state index contributed by atoms with van der Waals surface area (Å²) in [7, 11) is 1.98. The van der Waals surface area contributed by atoms with Gasteiger partial charge in [-0.3, -0.25) is 4.68 Å². The highest BCUT2D eigenvalue weighted by Gasteiger charge is 2.07. The van der Waals surface area contributed by atoms with E-state index in [1.807, 2.05) is 17.9 Å². The van der Waals surface area contributed by atoms with Gasteiger partial charge >= 0.3 is 0 Å². The molecule has 0 aliphatic carbocycles. The minimum absolute atomic E-state index is 0.222. The van der Waals surface area contributed by atoms with Crippen LogP contribution in [0.15, 0.2) is 6.20 Å². The maximum atomic E-state index is 4.23. The molecule has 0 saturated carbocycles. The topological polar surface area (TPSA) is 41.9 Å². The van der Waals surface area contributed by atoms with E-state index in [4.69, 9.17) is 0 Å². The molecule has 4 nitrogen and oxygen atoms in total. The first-order valence-corrected chi connectivity index (χ1v) is 6.33. The Balaban J connectivity index is 2.11. The van der Waals surface area contributed by atoms with Crippen LogP contribution in [0.5, 0.6) is 0 Å². The van der Waals surface area contributed by atoms with Crippen LogP contribution in [0.1, 0.15) is 38.4 Å². The fourth-order valence-electron chi connectivity index (χ4n) is 1.62. The second-order valence-electron chi connectivity index (χ2n) is 5.59. The van der Waals surface area contributed by atoms with E-state index in [2.05, 4.69) is 43.4 Å². The Bertz CT molecular complexity index is 336. The fourth-order valence-corrected chi connectivity index (χ4v) is 1.62. The van der Waals surface area contributed by atoms with E-state index in [9.17, 15) is 0 Å². The Morgan fingerprint density at radius 2 is 2.00 bits per heavy atom. The average molecular weight is 238 g/mol. The highest BCUT2D eigenvalue weighted by Crippen LogP contribution is 2.04. The lowest BCUT2D eigenvalue weighted by molar-refractivity contribution is 0.418. The van der Waals surface area contributed by atoms with E-state index in [-0.39, 0.29) is 5.54 Å². The van der Waals surface area contributed by atoms with E-state index in [0.29, 0.717) is 0 Å². The Labute approximate surface area is 105 Å². The van der Waals surface area contributed by atoms with Crippen molar-refractivity contribution >= 4 is 0 Å². The Kier molecular flexibility index (Phi) is 5.15. The molecule has 0 unspecified atom stereocenters. The molecule has 0 atom stereocenters. The largest absolute Gasteiger partial charge is 0.312 e. The Morgan fingerprint density at radius 1 is 1.29 bits per heavy atom. The van der Waals surface area contributed by atoms with Gasteiger partial charge in [-0.1, -0.05) is 0 Å². The molecule has 0 bridgehead atoms. The summed E-state index contributed by atoms with van der Waals surface area (Å²) in [6.07, 6.45) is 3.09. The van der Waals surface area contributed by atoms with Crippen LogP contribution >= 0.6 is 0 Å². The van der Waals surface area contributed by atoms with Gasteiger partial charge in [0, 0.05) is 30.4 Å². The van der Waals surface area contributed by atoms with E-state index in [1.165, 1.54) is 11.3 Å². The summed E-state index contributed by atoms with van der Waals surface area (Å²) in [4.78, 5) is 0. The quantitative estimate of drug-likeness (QED) is 0.740. The number of aryl methyl sites for hydroxylation is 1. The van der Waals surface area contributed by atoms with Crippen molar-refractivity contribution in [1.29, 1.82) is 0 Å². The SMILES string of the molecule is Cc1c(CNCCCNC(C)(C)C)cnn1C. The van der Waals surface area contributed by atoms with Crippen LogP contribution in [0.4, 0.5) is 0 Å². The monoisotopic (exact) mass is 238 g/mol. The number of hydrogen-bond acceptors (Lipinski definition) is 3. The predicted molar refractivity (Wildman–Crippen MR) is 72.0 cm³/mol. The van der Waals surface area contributed by atoms with Crippen molar-refractivity contribution in [2.75, 3.05) is 13.1 Å². The summed E-state index contributed by atoms with van der Waals surface area (Å²) in [5, 5.41) is 11.2. The molecule has 0 aliphatic heterocycles. The van der Waals surface area contributed by atoms with Crippen LogP contribution in [0.3, 0.4) is 0 Å². The molecule has 2 N–H and O–H groups in total. The summed E-state index contributed by atoms with van der Waals surface area (Å²) in [6.45, 7) is 11.7. The van der Waals surface area contributed by atoms with Crippen molar-refractivity contribution in [3.63, 3.8) is 0 Å². The number of hydrogen-bond donors (Lipinski definition) is 2. The third-order valence-electron chi connectivity index (χ3n) is 2.84. The van der Waals surface area contributed by atoms with Gasteiger partial charge in [0.25, 0.3) is 0 Å². The standard InChI is InChI=1S/C13H26N4/c1-11-12(10-16-17(11)5)9-14-7-6-8-15-13(2,3)4/h10,14-15H,6-9H2,1-5H3. The summed E-state index contributed by atoms with van der Waals surface area (Å²) in [5.41, 5.74) is 2.75. The molecule has 1 aromatic rings. The van der Waals surface area contributed by atoms with E-state index in [0.717, 1.165) is 26.1 Å². The van der Waals surface area contributed by atoms with Gasteiger partial charge in [0.1, 0.15) is 0 Å². The van der Waals surface area contributed by atoms with Crippen LogP contribution in [-0.4, -0.2) is 28.4 Å². The van der Waals surface area contributed by atoms with Crippen molar-refractivity contribution in [3.05, 3.63) is 17.5 Å². The first kappa shape index (κ1) is 14.2. The zero-order valence-electron chi connectivity index (χ0n) is 11.8. The molecule has 98 valence electrons. The van der Waals surface area contributed by atoms with Crippen molar-refractivity contribution in [2.24, 2.45) is 7.05 Å². The smallest absolute Gasteiger partial charge is 0.0537 e. The molecule has 1 rings (SSSR count). The number of nitrogens with one attached hydrogen (secondary N) is 2. The summed E-state index contributed by atoms with van der Waals surface area (Å²) in [6, 6.07) is 0. The third kappa shape index (κ3) is 5.33. The molecule has 1 heterocycles. The maximum absolute atomic E-state index is 4.23. The van der Waals surface area contributed by atoms with Crippen LogP contribution in [0.25, 0.3) is 0 Å². The highest BCUT2D eigenvalue weighted by molar-refractivity contribution is 5.15. The molecular formula is C13H26N4. The van der Waals surface area contributed by atoms with Crippen molar-refractivity contribution in [3.8, 4) is 0 Å². The molecule has 0 saturated heterocycles. The zero-order valence-corrected chi connectivity index (χ0v) is 11.8. The molecule has 17 heavy (non-hydrogen) atoms. The molecule has 0 spiro atoms. The summed E-state index contributed by atoms with van der Waals surface area (Å²) >= 11 is 0. The second kappa shape index (κ2) is 6.17. The zero-order chi connectivity index (χ0) is 12.9. The van der Waals surface area contributed by atoms with Gasteiger partial charge in [-0.2, -0.15) is 5.10 Å². The third-order valence-corrected chi connectivity index (χ3v) is 2.84. The van der Waals surface area contributed by atoms with Crippen LogP contribution in [0, 0.1) is 6.92 Å². The van der Waals surface area contributed by atoms with E-state index >= 15 is 0 Å². The average Bonchev–Trinajstić information content (AvgIpc) is 2.53. The number of aromatic nitrogens is 2. The number of nitrogens with zero attached hydrogens (tertiary/aromatic N) is 2. The Hall–Kier alpha value is -0.870. The van der Waals surface area contributed by atoms with Gasteiger partial charge in [-0.25, -0.2) is 0 Å². The lowest BCUT2D eigenvalue weighted by atomic mass is 10.1. The molecule has 0 amide bonds. The molecule has 0 radical (unpaired) electrons. The highest BCUT2D eigenvalue weighted by atomic mass is 15.3. The van der Waals surface area contributed by atoms with E-state index < -0.39 is 0 Å². The molecule has 0 aromatic carbocycles. The van der Waals surface area contributed by atoms with Crippen LogP contribution in [0.2, 0.25) is 0 Å². The summed E-state index contributed by atoms with van der Waals surface area (Å²) < 4.78 is 1.91. The molecule has 1 aromatic heterocycles. The summed E-state index contributed by atoms with van der Waals surface area (Å²) in [5.74, 6) is 0. The van der Waals surface area contributed by atoms with Gasteiger partial charge in [0.15, 0.2) is 0 Å².